The summed E-state index contributed by atoms with van der Waals surface area (Å²) in [5.74, 6) is 0.428. The Morgan fingerprint density at radius 2 is 1.89 bits per heavy atom. The predicted octanol–water partition coefficient (Wildman–Crippen LogP) is 4.56. The number of ether oxygens (including phenoxy) is 1. The number of hydrogen-bond acceptors (Lipinski definition) is 9. The number of carbonyl (C=O) groups excluding carboxylic acids is 1. The second-order valence-corrected chi connectivity index (χ2v) is 11.1. The van der Waals surface area contributed by atoms with E-state index in [1.54, 1.807) is 0 Å². The van der Waals surface area contributed by atoms with E-state index < -0.39 is 5.60 Å². The molecular weight excluding hydrogens is 470 g/mol. The second-order valence-electron chi connectivity index (χ2n) is 11.1. The molecule has 10 nitrogen and oxygen atoms in total. The maximum atomic E-state index is 12.5. The van der Waals surface area contributed by atoms with Gasteiger partial charge in [0, 0.05) is 51.4 Å². The molecule has 4 rings (SSSR count). The first-order chi connectivity index (χ1) is 17.7. The van der Waals surface area contributed by atoms with Crippen LogP contribution in [0.4, 0.5) is 16.5 Å². The molecule has 37 heavy (non-hydrogen) atoms. The molecule has 2 aliphatic heterocycles. The van der Waals surface area contributed by atoms with Crippen molar-refractivity contribution >= 4 is 17.8 Å². The summed E-state index contributed by atoms with van der Waals surface area (Å²) in [6, 6.07) is 5.50. The van der Waals surface area contributed by atoms with E-state index in [2.05, 4.69) is 38.3 Å². The topological polar surface area (TPSA) is 99.9 Å². The minimum Gasteiger partial charge on any atom is -0.444 e. The second kappa shape index (κ2) is 11.7. The minimum atomic E-state index is -0.456. The van der Waals surface area contributed by atoms with Gasteiger partial charge in [0.05, 0.1) is 11.4 Å². The van der Waals surface area contributed by atoms with Crippen LogP contribution in [0.3, 0.4) is 0 Å². The Labute approximate surface area is 220 Å². The number of rotatable bonds is 7. The van der Waals surface area contributed by atoms with Crippen molar-refractivity contribution in [2.75, 3.05) is 49.5 Å². The van der Waals surface area contributed by atoms with Gasteiger partial charge in [-0.1, -0.05) is 18.4 Å². The Morgan fingerprint density at radius 3 is 2.54 bits per heavy atom. The Balaban J connectivity index is 1.39. The van der Waals surface area contributed by atoms with Gasteiger partial charge in [0.2, 0.25) is 0 Å². The molecule has 0 radical (unpaired) electrons. The standard InChI is InChI=1S/C27H43N7O3/c1-7-9-21-18-33(23-11-10-22(29-19(23)3)24-30-31-25(36-24)28-8-2)16-17-34(21)20-12-14-32(15-13-20)26(35)37-27(4,5)6/h10-11,20-21H,7-9,12-18H2,1-6H3,(H,28,31)/t21-/m0/s1. The molecule has 2 aromatic rings. The number of piperidine rings is 1. The number of anilines is 2. The number of aromatic nitrogens is 3. The van der Waals surface area contributed by atoms with Gasteiger partial charge in [-0.2, -0.15) is 0 Å². The van der Waals surface area contributed by atoms with Crippen molar-refractivity contribution in [1.82, 2.24) is 25.0 Å². The van der Waals surface area contributed by atoms with E-state index in [9.17, 15) is 4.79 Å². The van der Waals surface area contributed by atoms with Crippen molar-refractivity contribution in [3.05, 3.63) is 17.8 Å². The molecule has 0 bridgehead atoms. The van der Waals surface area contributed by atoms with E-state index in [0.29, 0.717) is 29.7 Å². The Hall–Kier alpha value is -2.88. The summed E-state index contributed by atoms with van der Waals surface area (Å²) in [6.07, 6.45) is 4.10. The van der Waals surface area contributed by atoms with Gasteiger partial charge in [-0.3, -0.25) is 4.90 Å². The van der Waals surface area contributed by atoms with Gasteiger partial charge in [0.1, 0.15) is 11.3 Å². The maximum absolute atomic E-state index is 12.5. The Kier molecular flexibility index (Phi) is 8.56. The summed E-state index contributed by atoms with van der Waals surface area (Å²) in [7, 11) is 0. The fourth-order valence-corrected chi connectivity index (χ4v) is 5.42. The molecule has 10 heteroatoms. The van der Waals surface area contributed by atoms with Crippen LogP contribution in [0.2, 0.25) is 0 Å². The van der Waals surface area contributed by atoms with Crippen molar-refractivity contribution < 1.29 is 13.9 Å². The lowest BCUT2D eigenvalue weighted by molar-refractivity contribution is 0.00917. The molecule has 204 valence electrons. The number of nitrogens with one attached hydrogen (secondary N) is 1. The number of hydrogen-bond donors (Lipinski definition) is 1. The monoisotopic (exact) mass is 513 g/mol. The zero-order valence-electron chi connectivity index (χ0n) is 23.3. The van der Waals surface area contributed by atoms with Crippen molar-refractivity contribution in [2.24, 2.45) is 0 Å². The molecule has 0 unspecified atom stereocenters. The zero-order chi connectivity index (χ0) is 26.6. The quantitative estimate of drug-likeness (QED) is 0.571. The Bertz CT molecular complexity index is 1040. The lowest BCUT2D eigenvalue weighted by atomic mass is 9.97. The highest BCUT2D eigenvalue weighted by Gasteiger charge is 2.35. The lowest BCUT2D eigenvalue weighted by Gasteiger charge is -2.48. The zero-order valence-corrected chi connectivity index (χ0v) is 23.3. The molecular formula is C27H43N7O3. The first kappa shape index (κ1) is 27.2. The van der Waals surface area contributed by atoms with E-state index in [-0.39, 0.29) is 6.09 Å². The highest BCUT2D eigenvalue weighted by Crippen LogP contribution is 2.30. The molecule has 0 spiro atoms. The van der Waals surface area contributed by atoms with Crippen LogP contribution in [0.25, 0.3) is 11.6 Å². The van der Waals surface area contributed by atoms with Gasteiger partial charge in [-0.05, 0) is 66.0 Å². The van der Waals surface area contributed by atoms with Gasteiger partial charge in [0.25, 0.3) is 5.89 Å². The molecule has 0 aromatic carbocycles. The summed E-state index contributed by atoms with van der Waals surface area (Å²) in [6.45, 7) is 17.2. The number of nitrogens with zero attached hydrogens (tertiary/aromatic N) is 6. The number of pyridine rings is 1. The summed E-state index contributed by atoms with van der Waals surface area (Å²) < 4.78 is 11.3. The number of amides is 1. The fraction of sp³-hybridized carbons (Fsp3) is 0.704. The maximum Gasteiger partial charge on any atom is 0.410 e. The van der Waals surface area contributed by atoms with Crippen molar-refractivity contribution in [2.45, 2.75) is 84.9 Å². The number of piperazine rings is 1. The third-order valence-corrected chi connectivity index (χ3v) is 7.11. The van der Waals surface area contributed by atoms with Crippen LogP contribution in [-0.2, 0) is 4.74 Å². The van der Waals surface area contributed by atoms with E-state index in [0.717, 1.165) is 76.3 Å². The summed E-state index contributed by atoms with van der Waals surface area (Å²) >= 11 is 0. The molecule has 1 amide bonds. The van der Waals surface area contributed by atoms with E-state index in [1.807, 2.05) is 45.6 Å². The fourth-order valence-electron chi connectivity index (χ4n) is 5.42. The largest absolute Gasteiger partial charge is 0.444 e. The molecule has 2 aliphatic rings. The molecule has 0 aliphatic carbocycles. The first-order valence-corrected chi connectivity index (χ1v) is 13.7. The predicted molar refractivity (Wildman–Crippen MR) is 145 cm³/mol. The van der Waals surface area contributed by atoms with Gasteiger partial charge in [-0.15, -0.1) is 5.10 Å². The van der Waals surface area contributed by atoms with Crippen LogP contribution in [-0.4, -0.2) is 88.0 Å². The van der Waals surface area contributed by atoms with Gasteiger partial charge in [-0.25, -0.2) is 9.78 Å². The third-order valence-electron chi connectivity index (χ3n) is 7.11. The van der Waals surface area contributed by atoms with E-state index >= 15 is 0 Å². The molecule has 0 saturated carbocycles. The highest BCUT2D eigenvalue weighted by atomic mass is 16.6. The van der Waals surface area contributed by atoms with Gasteiger partial charge >= 0.3 is 12.1 Å². The molecule has 2 saturated heterocycles. The first-order valence-electron chi connectivity index (χ1n) is 13.7. The normalized spacial score (nSPS) is 19.8. The summed E-state index contributed by atoms with van der Waals surface area (Å²) in [5, 5.41) is 11.2. The van der Waals surface area contributed by atoms with Crippen LogP contribution < -0.4 is 10.2 Å². The van der Waals surface area contributed by atoms with E-state index in [4.69, 9.17) is 14.1 Å². The average molecular weight is 514 g/mol. The van der Waals surface area contributed by atoms with Gasteiger partial charge < -0.3 is 24.3 Å². The summed E-state index contributed by atoms with van der Waals surface area (Å²) in [4.78, 5) is 24.3. The third kappa shape index (κ3) is 6.71. The number of aryl methyl sites for hydroxylation is 1. The van der Waals surface area contributed by atoms with Crippen LogP contribution >= 0.6 is 0 Å². The van der Waals surface area contributed by atoms with Crippen LogP contribution in [0.1, 0.15) is 66.0 Å². The lowest BCUT2D eigenvalue weighted by Crippen LogP contribution is -2.59. The van der Waals surface area contributed by atoms with Gasteiger partial charge in [0.15, 0.2) is 0 Å². The van der Waals surface area contributed by atoms with Crippen LogP contribution in [0.15, 0.2) is 16.5 Å². The Morgan fingerprint density at radius 1 is 1.14 bits per heavy atom. The molecule has 1 atom stereocenters. The number of carbonyl (C=O) groups is 1. The molecule has 2 fully saturated rings. The van der Waals surface area contributed by atoms with Crippen molar-refractivity contribution in [3.63, 3.8) is 0 Å². The molecule has 2 aromatic heterocycles. The van der Waals surface area contributed by atoms with E-state index in [1.165, 1.54) is 0 Å². The number of likely N-dealkylation sites (tertiary alicyclic amines) is 1. The average Bonchev–Trinajstić information content (AvgIpc) is 3.32. The van der Waals surface area contributed by atoms with Crippen LogP contribution in [0, 0.1) is 6.92 Å². The van der Waals surface area contributed by atoms with Crippen molar-refractivity contribution in [3.8, 4) is 11.6 Å². The smallest absolute Gasteiger partial charge is 0.410 e. The molecule has 4 heterocycles. The highest BCUT2D eigenvalue weighted by molar-refractivity contribution is 5.68. The minimum absolute atomic E-state index is 0.189. The summed E-state index contributed by atoms with van der Waals surface area (Å²) in [5.41, 5.74) is 2.37. The molecule has 1 N–H and O–H groups in total. The van der Waals surface area contributed by atoms with Crippen LogP contribution in [0.5, 0.6) is 0 Å². The van der Waals surface area contributed by atoms with Crippen molar-refractivity contribution in [1.29, 1.82) is 0 Å². The SMILES string of the molecule is CCC[C@H]1CN(c2ccc(-c3nnc(NCC)o3)nc2C)CCN1C1CCN(C(=O)OC(C)(C)C)CC1.